The third-order valence-corrected chi connectivity index (χ3v) is 1.04. The molecule has 0 aromatic heterocycles. The Labute approximate surface area is 54.1 Å². The average molecular weight is 129 g/mol. The van der Waals surface area contributed by atoms with Gasteiger partial charge in [0.2, 0.25) is 0 Å². The lowest BCUT2D eigenvalue weighted by atomic mass is 10.3. The quantitative estimate of drug-likeness (QED) is 0.526. The molecule has 0 spiro atoms. The van der Waals surface area contributed by atoms with Gasteiger partial charge in [0.1, 0.15) is 0 Å². The maximum Gasteiger partial charge on any atom is 0.160 e. The van der Waals surface area contributed by atoms with Crippen LogP contribution < -0.4 is 0 Å². The van der Waals surface area contributed by atoms with E-state index in [1.54, 1.807) is 0 Å². The maximum absolute atomic E-state index is 8.05. The molecule has 0 atom stereocenters. The molecule has 3 heteroatoms. The van der Waals surface area contributed by atoms with Crippen LogP contribution in [0.25, 0.3) is 0 Å². The SMILES string of the molecule is COC(=S)CCC#N. The molecule has 0 radical (unpaired) electrons. The van der Waals surface area contributed by atoms with E-state index in [0.29, 0.717) is 17.9 Å². The Kier molecular flexibility index (Phi) is 4.19. The smallest absolute Gasteiger partial charge is 0.160 e. The van der Waals surface area contributed by atoms with Gasteiger partial charge in [0.15, 0.2) is 5.05 Å². The van der Waals surface area contributed by atoms with Crippen LogP contribution in [-0.2, 0) is 4.74 Å². The molecule has 0 aliphatic heterocycles. The highest BCUT2D eigenvalue weighted by molar-refractivity contribution is 7.80. The lowest BCUT2D eigenvalue weighted by Crippen LogP contribution is -1.94. The van der Waals surface area contributed by atoms with Gasteiger partial charge < -0.3 is 4.74 Å². The second kappa shape index (κ2) is 4.54. The fraction of sp³-hybridized carbons (Fsp3) is 0.600. The third-order valence-electron chi connectivity index (χ3n) is 0.669. The molecular weight excluding hydrogens is 122 g/mol. The van der Waals surface area contributed by atoms with Gasteiger partial charge in [-0.1, -0.05) is 0 Å². The Morgan fingerprint density at radius 2 is 2.50 bits per heavy atom. The van der Waals surface area contributed by atoms with E-state index < -0.39 is 0 Å². The first-order valence-corrected chi connectivity index (χ1v) is 2.66. The highest BCUT2D eigenvalue weighted by Crippen LogP contribution is 1.90. The normalized spacial score (nSPS) is 7.50. The van der Waals surface area contributed by atoms with Gasteiger partial charge in [-0.25, -0.2) is 0 Å². The predicted molar refractivity (Wildman–Crippen MR) is 34.5 cm³/mol. The minimum atomic E-state index is 0.451. The van der Waals surface area contributed by atoms with Crippen LogP contribution in [-0.4, -0.2) is 12.2 Å². The summed E-state index contributed by atoms with van der Waals surface area (Å²) < 4.78 is 4.63. The van der Waals surface area contributed by atoms with Crippen LogP contribution in [0, 0.1) is 11.3 Å². The summed E-state index contributed by atoms with van der Waals surface area (Å²) in [6, 6.07) is 1.97. The summed E-state index contributed by atoms with van der Waals surface area (Å²) in [5.41, 5.74) is 0. The summed E-state index contributed by atoms with van der Waals surface area (Å²) in [5, 5.41) is 8.55. The fourth-order valence-electron chi connectivity index (χ4n) is 0.260. The van der Waals surface area contributed by atoms with Gasteiger partial charge >= 0.3 is 0 Å². The average Bonchev–Trinajstić information content (AvgIpc) is 1.83. The number of hydrogen-bond donors (Lipinski definition) is 0. The molecule has 2 nitrogen and oxygen atoms in total. The molecule has 0 saturated heterocycles. The summed E-state index contributed by atoms with van der Waals surface area (Å²) in [4.78, 5) is 0. The van der Waals surface area contributed by atoms with Crippen molar-refractivity contribution in [2.75, 3.05) is 7.11 Å². The molecule has 0 aliphatic rings. The number of thiocarbonyl (C=S) groups is 1. The lowest BCUT2D eigenvalue weighted by molar-refractivity contribution is 0.403. The Morgan fingerprint density at radius 3 is 2.88 bits per heavy atom. The Bertz CT molecular complexity index is 116. The molecule has 8 heavy (non-hydrogen) atoms. The molecule has 0 heterocycles. The molecule has 0 fully saturated rings. The largest absolute Gasteiger partial charge is 0.490 e. The van der Waals surface area contributed by atoms with Crippen LogP contribution in [0.1, 0.15) is 12.8 Å². The molecule has 0 aliphatic carbocycles. The Morgan fingerprint density at radius 1 is 1.88 bits per heavy atom. The summed E-state index contributed by atoms with van der Waals surface area (Å²) in [7, 11) is 1.51. The maximum atomic E-state index is 8.05. The van der Waals surface area contributed by atoms with Crippen LogP contribution in [0.5, 0.6) is 0 Å². The highest BCUT2D eigenvalue weighted by Gasteiger charge is 1.90. The van der Waals surface area contributed by atoms with E-state index in [4.69, 9.17) is 5.26 Å². The zero-order valence-electron chi connectivity index (χ0n) is 4.68. The van der Waals surface area contributed by atoms with Gasteiger partial charge in [-0.15, -0.1) is 0 Å². The van der Waals surface area contributed by atoms with Gasteiger partial charge in [-0.05, 0) is 12.2 Å². The van der Waals surface area contributed by atoms with Crippen molar-refractivity contribution in [3.05, 3.63) is 0 Å². The predicted octanol–water partition coefficient (Wildman–Crippen LogP) is 1.26. The molecular formula is C5H7NOS. The molecule has 44 valence electrons. The first-order chi connectivity index (χ1) is 3.81. The van der Waals surface area contributed by atoms with Crippen molar-refractivity contribution in [2.45, 2.75) is 12.8 Å². The number of rotatable bonds is 2. The number of nitriles is 1. The summed E-state index contributed by atoms with van der Waals surface area (Å²) in [5.74, 6) is 0. The van der Waals surface area contributed by atoms with Crippen molar-refractivity contribution in [3.8, 4) is 6.07 Å². The van der Waals surface area contributed by atoms with Crippen molar-refractivity contribution in [3.63, 3.8) is 0 Å². The van der Waals surface area contributed by atoms with Crippen molar-refractivity contribution in [1.29, 1.82) is 5.26 Å². The molecule has 0 saturated carbocycles. The Balaban J connectivity index is 3.15. The second-order valence-corrected chi connectivity index (χ2v) is 1.69. The van der Waals surface area contributed by atoms with E-state index >= 15 is 0 Å². The topological polar surface area (TPSA) is 33.0 Å². The van der Waals surface area contributed by atoms with Crippen LogP contribution >= 0.6 is 12.2 Å². The van der Waals surface area contributed by atoms with Crippen molar-refractivity contribution >= 4 is 17.3 Å². The van der Waals surface area contributed by atoms with E-state index in [1.165, 1.54) is 7.11 Å². The fourth-order valence-corrected chi connectivity index (χ4v) is 0.362. The zero-order valence-corrected chi connectivity index (χ0v) is 5.49. The molecule has 0 aromatic rings. The van der Waals surface area contributed by atoms with Gasteiger partial charge in [0.25, 0.3) is 0 Å². The number of ether oxygens (including phenoxy) is 1. The molecule has 0 N–H and O–H groups in total. The monoisotopic (exact) mass is 129 g/mol. The molecule has 0 bridgehead atoms. The summed E-state index contributed by atoms with van der Waals surface area (Å²) >= 11 is 4.65. The van der Waals surface area contributed by atoms with Gasteiger partial charge in [-0.3, -0.25) is 0 Å². The van der Waals surface area contributed by atoms with E-state index in [2.05, 4.69) is 17.0 Å². The molecule has 0 amide bonds. The van der Waals surface area contributed by atoms with Crippen LogP contribution in [0.15, 0.2) is 0 Å². The van der Waals surface area contributed by atoms with Crippen LogP contribution in [0.3, 0.4) is 0 Å². The Hall–Kier alpha value is -0.620. The second-order valence-electron chi connectivity index (χ2n) is 1.23. The van der Waals surface area contributed by atoms with E-state index in [-0.39, 0.29) is 0 Å². The standard InChI is InChI=1S/C5H7NOS/c1-7-5(8)3-2-4-6/h2-3H2,1H3. The minimum Gasteiger partial charge on any atom is -0.490 e. The van der Waals surface area contributed by atoms with Crippen molar-refractivity contribution in [1.82, 2.24) is 0 Å². The van der Waals surface area contributed by atoms with Crippen molar-refractivity contribution < 1.29 is 4.74 Å². The lowest BCUT2D eigenvalue weighted by Gasteiger charge is -1.94. The summed E-state index contributed by atoms with van der Waals surface area (Å²) in [6.07, 6.45) is 1.02. The van der Waals surface area contributed by atoms with Gasteiger partial charge in [0.05, 0.1) is 13.2 Å². The van der Waals surface area contributed by atoms with Crippen LogP contribution in [0.2, 0.25) is 0 Å². The summed E-state index contributed by atoms with van der Waals surface area (Å²) in [6.45, 7) is 0. The number of hydrogen-bond acceptors (Lipinski definition) is 3. The van der Waals surface area contributed by atoms with Gasteiger partial charge in [0, 0.05) is 12.8 Å². The van der Waals surface area contributed by atoms with E-state index in [9.17, 15) is 0 Å². The third kappa shape index (κ3) is 3.57. The zero-order chi connectivity index (χ0) is 6.41. The highest BCUT2D eigenvalue weighted by atomic mass is 32.1. The molecule has 0 rings (SSSR count). The van der Waals surface area contributed by atoms with Crippen LogP contribution in [0.4, 0.5) is 0 Å². The van der Waals surface area contributed by atoms with E-state index in [1.807, 2.05) is 6.07 Å². The molecule has 0 unspecified atom stereocenters. The molecule has 0 aromatic carbocycles. The number of nitrogens with zero attached hydrogens (tertiary/aromatic N) is 1. The minimum absolute atomic E-state index is 0.451. The number of methoxy groups -OCH3 is 1. The van der Waals surface area contributed by atoms with Crippen molar-refractivity contribution in [2.24, 2.45) is 0 Å². The van der Waals surface area contributed by atoms with E-state index in [0.717, 1.165) is 0 Å². The first-order valence-electron chi connectivity index (χ1n) is 2.25. The first kappa shape index (κ1) is 7.38. The van der Waals surface area contributed by atoms with Gasteiger partial charge in [-0.2, -0.15) is 5.26 Å².